The lowest BCUT2D eigenvalue weighted by molar-refractivity contribution is -0.146. The highest BCUT2D eigenvalue weighted by molar-refractivity contribution is 5.91. The first-order valence-electron chi connectivity index (χ1n) is 8.82. The molecule has 0 fully saturated rings. The summed E-state index contributed by atoms with van der Waals surface area (Å²) >= 11 is 0. The topological polar surface area (TPSA) is 66.4 Å². The minimum atomic E-state index is -1.63. The second kappa shape index (κ2) is 8.32. The Hall–Kier alpha value is -3.40. The lowest BCUT2D eigenvalue weighted by Gasteiger charge is -2.31. The van der Waals surface area contributed by atoms with E-state index in [-0.39, 0.29) is 12.3 Å². The van der Waals surface area contributed by atoms with Crippen LogP contribution in [-0.2, 0) is 21.5 Å². The molecule has 0 aromatic heterocycles. The van der Waals surface area contributed by atoms with Crippen molar-refractivity contribution in [2.75, 3.05) is 0 Å². The summed E-state index contributed by atoms with van der Waals surface area (Å²) < 4.78 is 0. The summed E-state index contributed by atoms with van der Waals surface area (Å²) in [5.41, 5.74) is 0.428. The van der Waals surface area contributed by atoms with E-state index in [1.54, 1.807) is 48.5 Å². The van der Waals surface area contributed by atoms with Crippen molar-refractivity contribution < 1.29 is 14.7 Å². The van der Waals surface area contributed by atoms with E-state index in [0.717, 1.165) is 5.56 Å². The molecule has 0 spiro atoms. The molecule has 0 aliphatic carbocycles. The molecule has 2 N–H and O–H groups in total. The van der Waals surface area contributed by atoms with Crippen LogP contribution in [0.2, 0.25) is 0 Å². The Kier molecular flexibility index (Phi) is 5.67. The molecule has 27 heavy (non-hydrogen) atoms. The molecule has 1 amide bonds. The Bertz CT molecular complexity index is 853. The van der Waals surface area contributed by atoms with Gasteiger partial charge in [-0.25, -0.2) is 4.79 Å². The van der Waals surface area contributed by atoms with Gasteiger partial charge in [-0.2, -0.15) is 0 Å². The lowest BCUT2D eigenvalue weighted by atomic mass is 9.82. The van der Waals surface area contributed by atoms with Crippen molar-refractivity contribution in [3.05, 3.63) is 108 Å². The van der Waals surface area contributed by atoms with E-state index < -0.39 is 11.5 Å². The molecule has 0 saturated heterocycles. The Labute approximate surface area is 158 Å². The van der Waals surface area contributed by atoms with Crippen LogP contribution in [0.5, 0.6) is 0 Å². The molecule has 3 rings (SSSR count). The van der Waals surface area contributed by atoms with Crippen molar-refractivity contribution in [1.29, 1.82) is 0 Å². The lowest BCUT2D eigenvalue weighted by Crippen LogP contribution is -2.52. The zero-order chi connectivity index (χ0) is 19.1. The van der Waals surface area contributed by atoms with Gasteiger partial charge >= 0.3 is 5.97 Å². The van der Waals surface area contributed by atoms with Gasteiger partial charge in [-0.1, -0.05) is 91.0 Å². The monoisotopic (exact) mass is 359 g/mol. The molecule has 136 valence electrons. The van der Waals surface area contributed by atoms with Crippen molar-refractivity contribution in [2.24, 2.45) is 0 Å². The molecule has 0 bridgehead atoms. The molecule has 0 radical (unpaired) electrons. The number of rotatable bonds is 7. The number of carboxylic acids is 1. The first kappa shape index (κ1) is 18.4. The van der Waals surface area contributed by atoms with E-state index >= 15 is 0 Å². The number of hydrogen-bond donors (Lipinski definition) is 2. The van der Waals surface area contributed by atoms with E-state index in [1.165, 1.54) is 0 Å². The number of carboxylic acid groups (broad SMARTS) is 1. The zero-order valence-corrected chi connectivity index (χ0v) is 14.8. The van der Waals surface area contributed by atoms with E-state index in [9.17, 15) is 14.7 Å². The summed E-state index contributed by atoms with van der Waals surface area (Å²) in [6.07, 6.45) is 0.755. The number of hydrogen-bond acceptors (Lipinski definition) is 2. The van der Waals surface area contributed by atoms with E-state index in [1.807, 2.05) is 42.5 Å². The first-order valence-corrected chi connectivity index (χ1v) is 8.82. The van der Waals surface area contributed by atoms with E-state index in [2.05, 4.69) is 5.32 Å². The minimum Gasteiger partial charge on any atom is -0.479 e. The molecule has 0 saturated carbocycles. The number of carbonyl (C=O) groups excluding carboxylic acids is 1. The van der Waals surface area contributed by atoms with Crippen LogP contribution in [0, 0.1) is 0 Å². The molecule has 4 nitrogen and oxygen atoms in total. The predicted octanol–water partition coefficient (Wildman–Crippen LogP) is 3.76. The number of aliphatic carboxylic acids is 1. The molecular weight excluding hydrogens is 338 g/mol. The third kappa shape index (κ3) is 4.06. The highest BCUT2D eigenvalue weighted by Gasteiger charge is 2.43. The summed E-state index contributed by atoms with van der Waals surface area (Å²) in [6.45, 7) is 0. The fourth-order valence-electron chi connectivity index (χ4n) is 3.16. The Balaban J connectivity index is 1.92. The third-order valence-corrected chi connectivity index (χ3v) is 4.54. The second-order valence-corrected chi connectivity index (χ2v) is 6.32. The molecule has 0 aliphatic rings. The summed E-state index contributed by atoms with van der Waals surface area (Å²) in [5, 5.41) is 12.9. The standard InChI is InChI=1S/C23H21NO3/c25-21(17-16-18-10-4-1-5-11-18)24-23(22(26)27,19-12-6-2-7-13-19)20-14-8-3-9-15-20/h1-15H,16-17H2,(H,24,25)(H,26,27). The Morgan fingerprint density at radius 1 is 0.741 bits per heavy atom. The summed E-state index contributed by atoms with van der Waals surface area (Å²) in [7, 11) is 0. The Morgan fingerprint density at radius 3 is 1.63 bits per heavy atom. The fourth-order valence-corrected chi connectivity index (χ4v) is 3.16. The highest BCUT2D eigenvalue weighted by atomic mass is 16.4. The minimum absolute atomic E-state index is 0.207. The molecule has 0 heterocycles. The number of nitrogens with one attached hydrogen (secondary N) is 1. The maximum atomic E-state index is 12.7. The van der Waals surface area contributed by atoms with Crippen LogP contribution in [-0.4, -0.2) is 17.0 Å². The van der Waals surface area contributed by atoms with Gasteiger partial charge in [-0.05, 0) is 23.1 Å². The third-order valence-electron chi connectivity index (χ3n) is 4.54. The van der Waals surface area contributed by atoms with Gasteiger partial charge in [0.25, 0.3) is 0 Å². The smallest absolute Gasteiger partial charge is 0.338 e. The van der Waals surface area contributed by atoms with Gasteiger partial charge in [-0.3, -0.25) is 4.79 Å². The second-order valence-electron chi connectivity index (χ2n) is 6.32. The molecular formula is C23H21NO3. The van der Waals surface area contributed by atoms with Crippen molar-refractivity contribution in [2.45, 2.75) is 18.4 Å². The number of amides is 1. The molecule has 0 unspecified atom stereocenters. The maximum Gasteiger partial charge on any atom is 0.338 e. The van der Waals surface area contributed by atoms with Gasteiger partial charge in [0.15, 0.2) is 5.54 Å². The predicted molar refractivity (Wildman–Crippen MR) is 104 cm³/mol. The SMILES string of the molecule is O=C(CCc1ccccc1)NC(C(=O)O)(c1ccccc1)c1ccccc1. The van der Waals surface area contributed by atoms with Gasteiger partial charge in [-0.15, -0.1) is 0 Å². The molecule has 3 aromatic carbocycles. The number of carbonyl (C=O) groups is 2. The Morgan fingerprint density at radius 2 is 1.19 bits per heavy atom. The highest BCUT2D eigenvalue weighted by Crippen LogP contribution is 2.30. The molecule has 3 aromatic rings. The number of aryl methyl sites for hydroxylation is 1. The van der Waals surface area contributed by atoms with Crippen molar-refractivity contribution >= 4 is 11.9 Å². The quantitative estimate of drug-likeness (QED) is 0.675. The van der Waals surface area contributed by atoms with Crippen LogP contribution >= 0.6 is 0 Å². The normalized spacial score (nSPS) is 11.0. The van der Waals surface area contributed by atoms with Gasteiger partial charge in [0.2, 0.25) is 5.91 Å². The van der Waals surface area contributed by atoms with Gasteiger partial charge in [0.1, 0.15) is 0 Å². The van der Waals surface area contributed by atoms with E-state index in [0.29, 0.717) is 17.5 Å². The van der Waals surface area contributed by atoms with Crippen LogP contribution in [0.15, 0.2) is 91.0 Å². The van der Waals surface area contributed by atoms with Crippen LogP contribution in [0.25, 0.3) is 0 Å². The summed E-state index contributed by atoms with van der Waals surface area (Å²) in [5.74, 6) is -1.43. The van der Waals surface area contributed by atoms with Crippen LogP contribution in [0.1, 0.15) is 23.1 Å². The maximum absolute atomic E-state index is 12.7. The summed E-state index contributed by atoms with van der Waals surface area (Å²) in [6, 6.07) is 27.3. The largest absolute Gasteiger partial charge is 0.479 e. The van der Waals surface area contributed by atoms with Gasteiger partial charge < -0.3 is 10.4 Å². The van der Waals surface area contributed by atoms with Crippen LogP contribution in [0.4, 0.5) is 0 Å². The van der Waals surface area contributed by atoms with Crippen molar-refractivity contribution in [3.8, 4) is 0 Å². The summed E-state index contributed by atoms with van der Waals surface area (Å²) in [4.78, 5) is 25.1. The molecule has 4 heteroatoms. The molecule has 0 atom stereocenters. The van der Waals surface area contributed by atoms with Crippen LogP contribution in [0.3, 0.4) is 0 Å². The number of benzene rings is 3. The van der Waals surface area contributed by atoms with Crippen molar-refractivity contribution in [1.82, 2.24) is 5.32 Å². The van der Waals surface area contributed by atoms with E-state index in [4.69, 9.17) is 0 Å². The van der Waals surface area contributed by atoms with Crippen molar-refractivity contribution in [3.63, 3.8) is 0 Å². The van der Waals surface area contributed by atoms with Gasteiger partial charge in [0.05, 0.1) is 0 Å². The average molecular weight is 359 g/mol. The first-order chi connectivity index (χ1) is 13.1. The average Bonchev–Trinajstić information content (AvgIpc) is 2.72. The zero-order valence-electron chi connectivity index (χ0n) is 14.8. The molecule has 0 aliphatic heterocycles. The van der Waals surface area contributed by atoms with Crippen LogP contribution < -0.4 is 5.32 Å². The van der Waals surface area contributed by atoms with Gasteiger partial charge in [0, 0.05) is 6.42 Å². The fraction of sp³-hybridized carbons (Fsp3) is 0.130.